The highest BCUT2D eigenvalue weighted by molar-refractivity contribution is 7.99. The molecule has 24 heavy (non-hydrogen) atoms. The van der Waals surface area contributed by atoms with Gasteiger partial charge in [-0.15, -0.1) is 11.8 Å². The molecule has 1 aliphatic heterocycles. The fourth-order valence-corrected chi connectivity index (χ4v) is 4.26. The van der Waals surface area contributed by atoms with Crippen LogP contribution >= 0.6 is 11.8 Å². The predicted octanol–water partition coefficient (Wildman–Crippen LogP) is 4.59. The summed E-state index contributed by atoms with van der Waals surface area (Å²) in [7, 11) is 1.63. The molecule has 0 saturated carbocycles. The Bertz CT molecular complexity index is 731. The number of thioether (sulfide) groups is 1. The smallest absolute Gasteiger partial charge is 0.323 e. The van der Waals surface area contributed by atoms with Crippen LogP contribution in [0, 0.1) is 13.8 Å². The lowest BCUT2D eigenvalue weighted by Crippen LogP contribution is -2.34. The van der Waals surface area contributed by atoms with Crippen molar-refractivity contribution in [3.8, 4) is 5.75 Å². The highest BCUT2D eigenvalue weighted by Gasteiger charge is 2.31. The first kappa shape index (κ1) is 16.7. The molecular weight excluding hydrogens is 320 g/mol. The molecule has 0 bridgehead atoms. The van der Waals surface area contributed by atoms with Crippen molar-refractivity contribution in [1.29, 1.82) is 0 Å². The minimum atomic E-state index is -0.0601. The molecule has 0 aromatic heterocycles. The second-order valence-corrected chi connectivity index (χ2v) is 7.12. The summed E-state index contributed by atoms with van der Waals surface area (Å²) in [5.41, 5.74) is 4.47. The lowest BCUT2D eigenvalue weighted by molar-refractivity contribution is 0.214. The number of carbonyl (C=O) groups excluding carboxylic acids is 1. The molecule has 1 saturated heterocycles. The number of anilines is 1. The van der Waals surface area contributed by atoms with Crippen LogP contribution in [0.1, 0.15) is 22.1 Å². The molecule has 0 unspecified atom stereocenters. The molecule has 2 aromatic carbocycles. The summed E-state index contributed by atoms with van der Waals surface area (Å²) in [6.45, 7) is 4.96. The number of nitrogens with zero attached hydrogens (tertiary/aromatic N) is 1. The molecule has 0 radical (unpaired) electrons. The molecule has 2 amide bonds. The maximum absolute atomic E-state index is 12.7. The Labute approximate surface area is 147 Å². The van der Waals surface area contributed by atoms with Crippen molar-refractivity contribution in [1.82, 2.24) is 4.90 Å². The Morgan fingerprint density at radius 3 is 2.62 bits per heavy atom. The van der Waals surface area contributed by atoms with Crippen molar-refractivity contribution in [3.05, 3.63) is 59.2 Å². The van der Waals surface area contributed by atoms with Gasteiger partial charge in [-0.2, -0.15) is 0 Å². The van der Waals surface area contributed by atoms with Gasteiger partial charge >= 0.3 is 6.03 Å². The largest absolute Gasteiger partial charge is 0.497 e. The van der Waals surface area contributed by atoms with Crippen LogP contribution < -0.4 is 10.1 Å². The molecule has 4 nitrogen and oxygen atoms in total. The standard InChI is InChI=1S/C19H22N2O2S/c1-13-4-9-17(14(2)12-13)18-21(10-11-24-18)19(22)20-15-5-7-16(23-3)8-6-15/h4-9,12,18H,10-11H2,1-3H3,(H,20,22)/t18-/m1/s1. The summed E-state index contributed by atoms with van der Waals surface area (Å²) in [6.07, 6.45) is 0. The Morgan fingerprint density at radius 2 is 1.96 bits per heavy atom. The number of urea groups is 1. The SMILES string of the molecule is COc1ccc(NC(=O)N2CCS[C@@H]2c2ccc(C)cc2C)cc1. The van der Waals surface area contributed by atoms with Crippen LogP contribution in [0.5, 0.6) is 5.75 Å². The number of rotatable bonds is 3. The van der Waals surface area contributed by atoms with E-state index in [4.69, 9.17) is 4.74 Å². The summed E-state index contributed by atoms with van der Waals surface area (Å²) in [5.74, 6) is 1.73. The summed E-state index contributed by atoms with van der Waals surface area (Å²) < 4.78 is 5.15. The fraction of sp³-hybridized carbons (Fsp3) is 0.316. The fourth-order valence-electron chi connectivity index (χ4n) is 2.91. The molecule has 1 atom stereocenters. The summed E-state index contributed by atoms with van der Waals surface area (Å²) in [6, 6.07) is 13.8. The Balaban J connectivity index is 1.75. The zero-order chi connectivity index (χ0) is 17.1. The number of amides is 2. The van der Waals surface area contributed by atoms with Gasteiger partial charge in [-0.25, -0.2) is 4.79 Å². The number of hydrogen-bond donors (Lipinski definition) is 1. The van der Waals surface area contributed by atoms with Crippen molar-refractivity contribution in [2.24, 2.45) is 0 Å². The van der Waals surface area contributed by atoms with Crippen LogP contribution in [0.15, 0.2) is 42.5 Å². The lowest BCUT2D eigenvalue weighted by Gasteiger charge is -2.25. The van der Waals surface area contributed by atoms with Crippen LogP contribution in [0.25, 0.3) is 0 Å². The van der Waals surface area contributed by atoms with E-state index in [-0.39, 0.29) is 11.4 Å². The van der Waals surface area contributed by atoms with Crippen molar-refractivity contribution < 1.29 is 9.53 Å². The van der Waals surface area contributed by atoms with Gasteiger partial charge in [0.2, 0.25) is 0 Å². The molecule has 2 aromatic rings. The number of nitrogens with one attached hydrogen (secondary N) is 1. The molecule has 1 fully saturated rings. The van der Waals surface area contributed by atoms with Crippen LogP contribution in [0.3, 0.4) is 0 Å². The van der Waals surface area contributed by atoms with E-state index in [1.807, 2.05) is 40.9 Å². The van der Waals surface area contributed by atoms with Gasteiger partial charge in [-0.1, -0.05) is 23.8 Å². The van der Waals surface area contributed by atoms with E-state index in [9.17, 15) is 4.79 Å². The number of benzene rings is 2. The maximum Gasteiger partial charge on any atom is 0.323 e. The highest BCUT2D eigenvalue weighted by Crippen LogP contribution is 2.39. The predicted molar refractivity (Wildman–Crippen MR) is 99.8 cm³/mol. The van der Waals surface area contributed by atoms with E-state index < -0.39 is 0 Å². The van der Waals surface area contributed by atoms with E-state index in [1.54, 1.807) is 7.11 Å². The summed E-state index contributed by atoms with van der Waals surface area (Å²) in [5, 5.41) is 3.06. The van der Waals surface area contributed by atoms with Crippen molar-refractivity contribution >= 4 is 23.5 Å². The van der Waals surface area contributed by atoms with Gasteiger partial charge in [0.25, 0.3) is 0 Å². The number of ether oxygens (including phenoxy) is 1. The first-order valence-corrected chi connectivity index (χ1v) is 9.04. The van der Waals surface area contributed by atoms with E-state index in [0.29, 0.717) is 0 Å². The molecule has 0 aliphatic carbocycles. The maximum atomic E-state index is 12.7. The van der Waals surface area contributed by atoms with Gasteiger partial charge in [0.15, 0.2) is 0 Å². The number of methoxy groups -OCH3 is 1. The normalized spacial score (nSPS) is 17.0. The monoisotopic (exact) mass is 342 g/mol. The van der Waals surface area contributed by atoms with E-state index in [0.717, 1.165) is 23.7 Å². The molecule has 1 N–H and O–H groups in total. The zero-order valence-corrected chi connectivity index (χ0v) is 15.0. The highest BCUT2D eigenvalue weighted by atomic mass is 32.2. The Hall–Kier alpha value is -2.14. The molecular formula is C19H22N2O2S. The van der Waals surface area contributed by atoms with Crippen LogP contribution in [-0.4, -0.2) is 30.3 Å². The van der Waals surface area contributed by atoms with Crippen molar-refractivity contribution in [3.63, 3.8) is 0 Å². The first-order chi connectivity index (χ1) is 11.6. The summed E-state index contributed by atoms with van der Waals surface area (Å²) in [4.78, 5) is 14.6. The third-order valence-electron chi connectivity index (χ3n) is 4.18. The molecule has 1 aliphatic rings. The Morgan fingerprint density at radius 1 is 1.21 bits per heavy atom. The molecule has 126 valence electrons. The van der Waals surface area contributed by atoms with Gasteiger partial charge in [-0.3, -0.25) is 0 Å². The molecule has 5 heteroatoms. The molecule has 0 spiro atoms. The quantitative estimate of drug-likeness (QED) is 0.887. The third kappa shape index (κ3) is 3.51. The zero-order valence-electron chi connectivity index (χ0n) is 14.2. The minimum absolute atomic E-state index is 0.0601. The lowest BCUT2D eigenvalue weighted by atomic mass is 10.1. The topological polar surface area (TPSA) is 41.6 Å². The van der Waals surface area contributed by atoms with Crippen LogP contribution in [-0.2, 0) is 0 Å². The Kier molecular flexibility index (Phi) is 5.00. The van der Waals surface area contributed by atoms with Gasteiger partial charge < -0.3 is 15.0 Å². The van der Waals surface area contributed by atoms with Gasteiger partial charge in [0, 0.05) is 18.0 Å². The minimum Gasteiger partial charge on any atom is -0.497 e. The van der Waals surface area contributed by atoms with E-state index in [2.05, 4.69) is 37.4 Å². The number of carbonyl (C=O) groups is 1. The molecule has 3 rings (SSSR count). The van der Waals surface area contributed by atoms with Crippen molar-refractivity contribution in [2.45, 2.75) is 19.2 Å². The van der Waals surface area contributed by atoms with Crippen LogP contribution in [0.2, 0.25) is 0 Å². The number of hydrogen-bond acceptors (Lipinski definition) is 3. The van der Waals surface area contributed by atoms with Crippen molar-refractivity contribution in [2.75, 3.05) is 24.7 Å². The van der Waals surface area contributed by atoms with Gasteiger partial charge in [-0.05, 0) is 49.2 Å². The third-order valence-corrected chi connectivity index (χ3v) is 5.43. The first-order valence-electron chi connectivity index (χ1n) is 7.99. The second kappa shape index (κ2) is 7.18. The average Bonchev–Trinajstić information content (AvgIpc) is 3.05. The van der Waals surface area contributed by atoms with E-state index >= 15 is 0 Å². The average molecular weight is 342 g/mol. The van der Waals surface area contributed by atoms with Crippen LogP contribution in [0.4, 0.5) is 10.5 Å². The van der Waals surface area contributed by atoms with Gasteiger partial charge in [0.05, 0.1) is 7.11 Å². The number of aryl methyl sites for hydroxylation is 2. The second-order valence-electron chi connectivity index (χ2n) is 5.94. The summed E-state index contributed by atoms with van der Waals surface area (Å²) >= 11 is 1.81. The van der Waals surface area contributed by atoms with Gasteiger partial charge in [0.1, 0.15) is 11.1 Å². The molecule has 1 heterocycles. The van der Waals surface area contributed by atoms with E-state index in [1.165, 1.54) is 16.7 Å².